The Morgan fingerprint density at radius 2 is 1.50 bits per heavy atom. The van der Waals surface area contributed by atoms with Gasteiger partial charge in [0.2, 0.25) is 0 Å². The number of hydrogen-bond acceptors (Lipinski definition) is 4. The number of rotatable bonds is 0. The summed E-state index contributed by atoms with van der Waals surface area (Å²) < 4.78 is 4.55. The monoisotopic (exact) mass is 621 g/mol. The Morgan fingerprint density at radius 3 is 1.86 bits per heavy atom. The molecule has 0 aromatic rings. The van der Waals surface area contributed by atoms with Gasteiger partial charge in [-0.3, -0.25) is 22.7 Å². The quantitative estimate of drug-likeness (QED) is 0.236. The van der Waals surface area contributed by atoms with E-state index in [4.69, 9.17) is 0 Å². The second-order valence-corrected chi connectivity index (χ2v) is 3.54. The summed E-state index contributed by atoms with van der Waals surface area (Å²) in [6.45, 7) is 6.58. The van der Waals surface area contributed by atoms with E-state index in [1.165, 1.54) is 0 Å². The second kappa shape index (κ2) is 3.16. The molecule has 75 valence electrons. The molecule has 2 atom stereocenters. The van der Waals surface area contributed by atoms with E-state index in [0.717, 1.165) is 0 Å². The Labute approximate surface area is 90.0 Å². The van der Waals surface area contributed by atoms with E-state index in [-0.39, 0.29) is 20.4 Å². The van der Waals surface area contributed by atoms with Crippen LogP contribution in [0.25, 0.3) is 0 Å². The van der Waals surface area contributed by atoms with Gasteiger partial charge in [0.05, 0.1) is 0 Å². The SMILES string of the molecule is CC12[CH-]N[CH-]C1(C)C(=O)OC2=O.[Re].[Rf]. The first-order valence-corrected chi connectivity index (χ1v) is 3.72. The van der Waals surface area contributed by atoms with Gasteiger partial charge in [-0.15, -0.1) is 0 Å². The molecule has 2 fully saturated rings. The van der Waals surface area contributed by atoms with Crippen molar-refractivity contribution in [3.63, 3.8) is 0 Å². The van der Waals surface area contributed by atoms with E-state index in [1.807, 2.05) is 0 Å². The van der Waals surface area contributed by atoms with E-state index in [2.05, 4.69) is 10.1 Å². The molecule has 0 spiro atoms. The van der Waals surface area contributed by atoms with Crippen LogP contribution in [0.5, 0.6) is 0 Å². The maximum absolute atomic E-state index is 11.3. The van der Waals surface area contributed by atoms with Crippen molar-refractivity contribution < 1.29 is 34.7 Å². The first-order valence-electron chi connectivity index (χ1n) is 3.72. The summed E-state index contributed by atoms with van der Waals surface area (Å²) in [5.74, 6) is -0.951. The van der Waals surface area contributed by atoms with Gasteiger partial charge in [-0.1, -0.05) is 24.7 Å². The number of nitrogens with one attached hydrogen (secondary N) is 1. The van der Waals surface area contributed by atoms with Crippen molar-refractivity contribution >= 4 is 11.9 Å². The van der Waals surface area contributed by atoms with E-state index in [9.17, 15) is 9.59 Å². The summed E-state index contributed by atoms with van der Waals surface area (Å²) in [6.07, 6.45) is 0. The van der Waals surface area contributed by atoms with Gasteiger partial charge in [-0.25, -0.2) is 0 Å². The summed E-state index contributed by atoms with van der Waals surface area (Å²) in [4.78, 5) is 22.5. The molecule has 0 bridgehead atoms. The number of cyclic esters (lactones) is 2. The number of hydrogen-bond donors (Lipinski definition) is 1. The first-order chi connectivity index (χ1) is 5.51. The summed E-state index contributed by atoms with van der Waals surface area (Å²) in [7, 11) is 0. The predicted molar refractivity (Wildman–Crippen MR) is 39.0 cm³/mol. The Morgan fingerprint density at radius 1 is 1.14 bits per heavy atom. The standard InChI is InChI=1S/C8H9NO3.Re.Rf/c1-7-3-9-4-8(7,2)6(11)12-5(7)10;;/h3-4,9H,1-2H3;;/q-2;;. The Bertz CT molecular complexity index is 260. The molecule has 6 heteroatoms. The maximum Gasteiger partial charge on any atom is 0.288 e. The molecule has 2 rings (SSSR count). The number of fused-ring (bicyclic) bond motifs is 1. The average Bonchev–Trinajstić information content (AvgIpc) is 2.37. The molecule has 1 N–H and O–H groups in total. The minimum Gasteiger partial charge on any atom is -0.617 e. The van der Waals surface area contributed by atoms with Gasteiger partial charge in [0.15, 0.2) is 0 Å². The number of ether oxygens (including phenoxy) is 1. The zero-order chi connectivity index (χ0) is 8.98. The largest absolute Gasteiger partial charge is 0.617 e. The zero-order valence-corrected chi connectivity index (χ0v) is 17.1. The van der Waals surface area contributed by atoms with Crippen molar-refractivity contribution in [3.05, 3.63) is 13.1 Å². The van der Waals surface area contributed by atoms with Crippen LogP contribution in [0.2, 0.25) is 0 Å². The summed E-state index contributed by atoms with van der Waals surface area (Å²) in [5, 5.41) is 2.79. The van der Waals surface area contributed by atoms with Crippen LogP contribution in [0.1, 0.15) is 13.8 Å². The molecule has 2 heterocycles. The zero-order valence-electron chi connectivity index (χ0n) is 7.96. The Hall–Kier alpha value is -1.24. The molecule has 0 aromatic carbocycles. The van der Waals surface area contributed by atoms with Crippen LogP contribution in [-0.4, -0.2) is 11.9 Å². The normalized spacial score (nSPS) is 39.6. The second-order valence-electron chi connectivity index (χ2n) is 3.54. The van der Waals surface area contributed by atoms with Crippen LogP contribution in [0, 0.1) is 23.9 Å². The van der Waals surface area contributed by atoms with Crippen molar-refractivity contribution in [1.29, 1.82) is 0 Å². The van der Waals surface area contributed by atoms with Crippen molar-refractivity contribution in [2.45, 2.75) is 13.8 Å². The number of carbonyl (C=O) groups is 2. The van der Waals surface area contributed by atoms with Crippen molar-refractivity contribution in [1.82, 2.24) is 5.32 Å². The molecule has 2 aliphatic rings. The van der Waals surface area contributed by atoms with E-state index >= 15 is 0 Å². The van der Waals surface area contributed by atoms with Crippen molar-refractivity contribution in [3.8, 4) is 0 Å². The molecule has 2 saturated heterocycles. The molecule has 2 unspecified atom stereocenters. The molecule has 14 heavy (non-hydrogen) atoms. The molecular weight excluding hydrogens is 611 g/mol. The van der Waals surface area contributed by atoms with Crippen LogP contribution in [0.15, 0.2) is 0 Å². The molecular formula is C8H9NO3ReRf-2. The van der Waals surface area contributed by atoms with Crippen LogP contribution >= 0.6 is 0 Å². The molecule has 2 aliphatic heterocycles. The van der Waals surface area contributed by atoms with Gasteiger partial charge in [-0.05, 0) is 0 Å². The summed E-state index contributed by atoms with van der Waals surface area (Å²) >= 11 is 0. The third-order valence-electron chi connectivity index (χ3n) is 2.86. The van der Waals surface area contributed by atoms with Crippen LogP contribution < -0.4 is 5.32 Å². The fourth-order valence-corrected chi connectivity index (χ4v) is 1.51. The molecule has 0 aromatic heterocycles. The van der Waals surface area contributed by atoms with Crippen LogP contribution in [0.4, 0.5) is 0 Å². The minimum atomic E-state index is -0.829. The number of carbonyl (C=O) groups excluding carboxylic acids is 2. The Balaban J connectivity index is 0.000000845. The summed E-state index contributed by atoms with van der Waals surface area (Å²) in [6, 6.07) is 0. The van der Waals surface area contributed by atoms with Gasteiger partial charge < -0.3 is 10.1 Å². The van der Waals surface area contributed by atoms with Crippen LogP contribution in [-0.2, 0) is 34.7 Å². The molecule has 0 amide bonds. The van der Waals surface area contributed by atoms with Gasteiger partial charge in [0.25, 0.3) is 11.9 Å². The molecule has 0 aliphatic carbocycles. The fourth-order valence-electron chi connectivity index (χ4n) is 1.51. The summed E-state index contributed by atoms with van der Waals surface area (Å²) in [5.41, 5.74) is -1.66. The van der Waals surface area contributed by atoms with Crippen molar-refractivity contribution in [2.75, 3.05) is 0 Å². The topological polar surface area (TPSA) is 55.4 Å². The van der Waals surface area contributed by atoms with Crippen LogP contribution in [0.3, 0.4) is 0 Å². The van der Waals surface area contributed by atoms with E-state index < -0.39 is 22.8 Å². The van der Waals surface area contributed by atoms with Gasteiger partial charge in [-0.2, -0.15) is 0 Å². The molecule has 4 nitrogen and oxygen atoms in total. The van der Waals surface area contributed by atoms with Gasteiger partial charge >= 0.3 is 0 Å². The predicted octanol–water partition coefficient (Wildman–Crippen LogP) is 0.00668. The third kappa shape index (κ3) is 1.02. The van der Waals surface area contributed by atoms with E-state index in [1.54, 1.807) is 26.9 Å². The maximum atomic E-state index is 11.3. The smallest absolute Gasteiger partial charge is 0.288 e. The first kappa shape index (κ1) is 12.8. The minimum absolute atomic E-state index is 0. The third-order valence-corrected chi connectivity index (χ3v) is 2.86. The average molecular weight is 620 g/mol. The van der Waals surface area contributed by atoms with E-state index in [0.29, 0.717) is 0 Å². The van der Waals surface area contributed by atoms with Gasteiger partial charge in [0.1, 0.15) is 0 Å². The number of esters is 2. The molecule has 1 radical (unpaired) electrons. The molecule has 0 saturated carbocycles. The van der Waals surface area contributed by atoms with Gasteiger partial charge in [0, 0.05) is 20.4 Å². The Kier molecular flexibility index (Phi) is 2.88. The fraction of sp³-hybridized carbons (Fsp3) is 0.500. The van der Waals surface area contributed by atoms with Crippen molar-refractivity contribution in [2.24, 2.45) is 10.8 Å².